The zero-order chi connectivity index (χ0) is 13.1. The average Bonchev–Trinajstić information content (AvgIpc) is 2.30. The van der Waals surface area contributed by atoms with E-state index >= 15 is 0 Å². The van der Waals surface area contributed by atoms with Crippen LogP contribution in [0.3, 0.4) is 0 Å². The summed E-state index contributed by atoms with van der Waals surface area (Å²) in [6.45, 7) is 4.56. The zero-order valence-corrected chi connectivity index (χ0v) is 12.5. The quantitative estimate of drug-likeness (QED) is 0.837. The Morgan fingerprint density at radius 1 is 1.29 bits per heavy atom. The second-order valence-electron chi connectivity index (χ2n) is 3.39. The molecule has 0 aromatic heterocycles. The summed E-state index contributed by atoms with van der Waals surface area (Å²) in [5.74, 6) is 0.614. The predicted molar refractivity (Wildman–Crippen MR) is 70.8 cm³/mol. The monoisotopic (exact) mass is 321 g/mol. The molecular formula is C11H16BrNO3S. The molecule has 0 N–H and O–H groups in total. The Hall–Kier alpha value is -0.590. The Morgan fingerprint density at radius 2 is 1.88 bits per heavy atom. The van der Waals surface area contributed by atoms with E-state index in [1.165, 1.54) is 4.31 Å². The van der Waals surface area contributed by atoms with Gasteiger partial charge in [-0.25, -0.2) is 8.42 Å². The Bertz CT molecular complexity index is 483. The van der Waals surface area contributed by atoms with Gasteiger partial charge in [0.15, 0.2) is 0 Å². The molecule has 1 aromatic rings. The van der Waals surface area contributed by atoms with Crippen molar-refractivity contribution in [1.29, 1.82) is 0 Å². The van der Waals surface area contributed by atoms with Crippen molar-refractivity contribution in [3.63, 3.8) is 0 Å². The maximum Gasteiger partial charge on any atom is 0.243 e. The Kier molecular flexibility index (Phi) is 4.97. The van der Waals surface area contributed by atoms with E-state index in [1.54, 1.807) is 25.3 Å². The molecule has 0 unspecified atom stereocenters. The van der Waals surface area contributed by atoms with Gasteiger partial charge in [0.1, 0.15) is 5.75 Å². The molecule has 0 bridgehead atoms. The first-order valence-electron chi connectivity index (χ1n) is 5.31. The fourth-order valence-corrected chi connectivity index (χ4v) is 3.70. The highest BCUT2D eigenvalue weighted by Crippen LogP contribution is 2.28. The third-order valence-corrected chi connectivity index (χ3v) is 5.13. The normalized spacial score (nSPS) is 11.8. The van der Waals surface area contributed by atoms with Gasteiger partial charge in [-0.1, -0.05) is 13.8 Å². The molecule has 17 heavy (non-hydrogen) atoms. The molecule has 96 valence electrons. The van der Waals surface area contributed by atoms with Crippen LogP contribution in [-0.2, 0) is 10.0 Å². The molecule has 0 amide bonds. The molecule has 0 saturated heterocycles. The fraction of sp³-hybridized carbons (Fsp3) is 0.455. The molecule has 4 nitrogen and oxygen atoms in total. The third kappa shape index (κ3) is 3.00. The van der Waals surface area contributed by atoms with Gasteiger partial charge >= 0.3 is 0 Å². The highest BCUT2D eigenvalue weighted by molar-refractivity contribution is 9.10. The van der Waals surface area contributed by atoms with Crippen molar-refractivity contribution in [2.75, 3.05) is 20.2 Å². The number of ether oxygens (including phenoxy) is 1. The van der Waals surface area contributed by atoms with Crippen LogP contribution in [0.4, 0.5) is 0 Å². The maximum atomic E-state index is 12.2. The number of hydrogen-bond acceptors (Lipinski definition) is 3. The Balaban J connectivity index is 3.20. The summed E-state index contributed by atoms with van der Waals surface area (Å²) in [4.78, 5) is 0.272. The largest absolute Gasteiger partial charge is 0.496 e. The second-order valence-corrected chi connectivity index (χ2v) is 6.18. The standard InChI is InChI=1S/C11H16BrNO3S/c1-4-13(5-2)17(14,15)9-6-7-11(16-3)10(12)8-9/h6-8H,4-5H2,1-3H3. The molecule has 0 radical (unpaired) electrons. The molecule has 0 aliphatic carbocycles. The number of rotatable bonds is 5. The van der Waals surface area contributed by atoms with Crippen LogP contribution in [-0.4, -0.2) is 32.9 Å². The maximum absolute atomic E-state index is 12.2. The van der Waals surface area contributed by atoms with Gasteiger partial charge in [-0.2, -0.15) is 4.31 Å². The van der Waals surface area contributed by atoms with Crippen LogP contribution in [0.5, 0.6) is 5.75 Å². The van der Waals surface area contributed by atoms with Gasteiger partial charge in [0.2, 0.25) is 10.0 Å². The van der Waals surface area contributed by atoms with Crippen LogP contribution >= 0.6 is 15.9 Å². The molecule has 0 spiro atoms. The van der Waals surface area contributed by atoms with Crippen LogP contribution in [0.1, 0.15) is 13.8 Å². The summed E-state index contributed by atoms with van der Waals surface area (Å²) in [6.07, 6.45) is 0. The fourth-order valence-electron chi connectivity index (χ4n) is 1.52. The molecule has 0 atom stereocenters. The van der Waals surface area contributed by atoms with E-state index in [-0.39, 0.29) is 4.90 Å². The van der Waals surface area contributed by atoms with Crippen LogP contribution in [0.2, 0.25) is 0 Å². The number of sulfonamides is 1. The van der Waals surface area contributed by atoms with Crippen molar-refractivity contribution in [2.24, 2.45) is 0 Å². The third-order valence-electron chi connectivity index (χ3n) is 2.47. The van der Waals surface area contributed by atoms with Gasteiger partial charge in [0.25, 0.3) is 0 Å². The minimum Gasteiger partial charge on any atom is -0.496 e. The van der Waals surface area contributed by atoms with Crippen molar-refractivity contribution in [3.05, 3.63) is 22.7 Å². The summed E-state index contributed by atoms with van der Waals surface area (Å²) < 4.78 is 31.5. The summed E-state index contributed by atoms with van der Waals surface area (Å²) >= 11 is 3.28. The molecule has 1 rings (SSSR count). The van der Waals surface area contributed by atoms with E-state index in [0.29, 0.717) is 23.3 Å². The number of nitrogens with zero attached hydrogens (tertiary/aromatic N) is 1. The first-order chi connectivity index (χ1) is 7.97. The van der Waals surface area contributed by atoms with E-state index in [0.717, 1.165) is 0 Å². The van der Waals surface area contributed by atoms with Gasteiger partial charge < -0.3 is 4.74 Å². The number of hydrogen-bond donors (Lipinski definition) is 0. The first kappa shape index (κ1) is 14.5. The smallest absolute Gasteiger partial charge is 0.243 e. The van der Waals surface area contributed by atoms with Crippen molar-refractivity contribution in [3.8, 4) is 5.75 Å². The molecule has 1 aromatic carbocycles. The SMILES string of the molecule is CCN(CC)S(=O)(=O)c1ccc(OC)c(Br)c1. The van der Waals surface area contributed by atoms with Crippen LogP contribution in [0.25, 0.3) is 0 Å². The second kappa shape index (κ2) is 5.84. The van der Waals surface area contributed by atoms with Gasteiger partial charge in [-0.15, -0.1) is 0 Å². The molecular weight excluding hydrogens is 306 g/mol. The van der Waals surface area contributed by atoms with Crippen molar-refractivity contribution < 1.29 is 13.2 Å². The molecule has 0 fully saturated rings. The van der Waals surface area contributed by atoms with E-state index in [2.05, 4.69) is 15.9 Å². The van der Waals surface area contributed by atoms with E-state index in [4.69, 9.17) is 4.74 Å². The lowest BCUT2D eigenvalue weighted by Gasteiger charge is -2.18. The van der Waals surface area contributed by atoms with E-state index in [9.17, 15) is 8.42 Å². The minimum atomic E-state index is -3.40. The van der Waals surface area contributed by atoms with E-state index in [1.807, 2.05) is 13.8 Å². The summed E-state index contributed by atoms with van der Waals surface area (Å²) in [5, 5.41) is 0. The predicted octanol–water partition coefficient (Wildman–Crippen LogP) is 2.49. The lowest BCUT2D eigenvalue weighted by Crippen LogP contribution is -2.30. The van der Waals surface area contributed by atoms with E-state index < -0.39 is 10.0 Å². The summed E-state index contributed by atoms with van der Waals surface area (Å²) in [6, 6.07) is 4.75. The molecule has 0 aliphatic rings. The van der Waals surface area contributed by atoms with Gasteiger partial charge in [-0.3, -0.25) is 0 Å². The molecule has 0 saturated carbocycles. The first-order valence-corrected chi connectivity index (χ1v) is 7.54. The number of benzene rings is 1. The molecule has 6 heteroatoms. The zero-order valence-electron chi connectivity index (χ0n) is 10.1. The van der Waals surface area contributed by atoms with Crippen molar-refractivity contribution >= 4 is 26.0 Å². The number of halogens is 1. The van der Waals surface area contributed by atoms with Gasteiger partial charge in [-0.05, 0) is 34.1 Å². The highest BCUT2D eigenvalue weighted by Gasteiger charge is 2.22. The Morgan fingerprint density at radius 3 is 2.29 bits per heavy atom. The van der Waals surface area contributed by atoms with Crippen molar-refractivity contribution in [2.45, 2.75) is 18.7 Å². The summed E-state index contributed by atoms with van der Waals surface area (Å²) in [7, 11) is -1.86. The highest BCUT2D eigenvalue weighted by atomic mass is 79.9. The van der Waals surface area contributed by atoms with Crippen LogP contribution < -0.4 is 4.74 Å². The minimum absolute atomic E-state index is 0.272. The topological polar surface area (TPSA) is 46.6 Å². The van der Waals surface area contributed by atoms with Crippen LogP contribution in [0.15, 0.2) is 27.6 Å². The molecule has 0 heterocycles. The van der Waals surface area contributed by atoms with Gasteiger partial charge in [0.05, 0.1) is 16.5 Å². The number of methoxy groups -OCH3 is 1. The average molecular weight is 322 g/mol. The Labute approximate surface area is 111 Å². The van der Waals surface area contributed by atoms with Crippen molar-refractivity contribution in [1.82, 2.24) is 4.31 Å². The summed E-state index contributed by atoms with van der Waals surface area (Å²) in [5.41, 5.74) is 0. The molecule has 0 aliphatic heterocycles. The lowest BCUT2D eigenvalue weighted by atomic mass is 10.3. The lowest BCUT2D eigenvalue weighted by molar-refractivity contribution is 0.411. The van der Waals surface area contributed by atoms with Gasteiger partial charge in [0, 0.05) is 13.1 Å². The van der Waals surface area contributed by atoms with Crippen LogP contribution in [0, 0.1) is 0 Å².